The van der Waals surface area contributed by atoms with Crippen LogP contribution in [-0.4, -0.2) is 19.1 Å². The van der Waals surface area contributed by atoms with E-state index in [2.05, 4.69) is 16.1 Å². The first-order valence-electron chi connectivity index (χ1n) is 7.76. The third kappa shape index (κ3) is 20.5. The van der Waals surface area contributed by atoms with Gasteiger partial charge in [0.1, 0.15) is 0 Å². The van der Waals surface area contributed by atoms with Crippen molar-refractivity contribution in [3.8, 4) is 0 Å². The molecule has 122 valence electrons. The monoisotopic (exact) mass is 373 g/mol. The molecule has 0 aromatic carbocycles. The van der Waals surface area contributed by atoms with Crippen LogP contribution in [0.3, 0.4) is 0 Å². The zero-order valence-corrected chi connectivity index (χ0v) is 17.3. The van der Waals surface area contributed by atoms with Crippen LogP contribution in [0.1, 0.15) is 84.5 Å². The van der Waals surface area contributed by atoms with Gasteiger partial charge < -0.3 is 4.55 Å². The van der Waals surface area contributed by atoms with Crippen LogP contribution < -0.4 is 0 Å². The van der Waals surface area contributed by atoms with Crippen LogP contribution in [-0.2, 0) is 39.1 Å². The van der Waals surface area contributed by atoms with Crippen molar-refractivity contribution in [1.82, 2.24) is 0 Å². The summed E-state index contributed by atoms with van der Waals surface area (Å²) in [6.07, 6.45) is 12.8. The van der Waals surface area contributed by atoms with Gasteiger partial charge in [-0.15, -0.1) is 4.33 Å². The van der Waals surface area contributed by atoms with Gasteiger partial charge in [0, 0.05) is 0 Å². The summed E-state index contributed by atoms with van der Waals surface area (Å²) in [5.41, 5.74) is 0. The van der Waals surface area contributed by atoms with Crippen molar-refractivity contribution < 1.29 is 41.7 Å². The van der Waals surface area contributed by atoms with Gasteiger partial charge in [-0.05, 0) is 13.3 Å². The quantitative estimate of drug-likeness (QED) is 0.114. The Balaban J connectivity index is 0. The SMILES string of the molecule is CCCCCCCCCCCCC(C)OOS(=O)(=O)[O-].[Zn+2]. The molecule has 5 nitrogen and oxygen atoms in total. The minimum Gasteiger partial charge on any atom is -0.724 e. The van der Waals surface area contributed by atoms with Crippen LogP contribution in [0.15, 0.2) is 0 Å². The topological polar surface area (TPSA) is 75.7 Å². The zero-order valence-electron chi connectivity index (χ0n) is 13.5. The molecule has 1 unspecified atom stereocenters. The Morgan fingerprint density at radius 1 is 0.905 bits per heavy atom. The van der Waals surface area contributed by atoms with Gasteiger partial charge in [-0.3, -0.25) is 0 Å². The molecule has 0 rings (SSSR count). The molecule has 0 fully saturated rings. The summed E-state index contributed by atoms with van der Waals surface area (Å²) in [4.78, 5) is 4.49. The molecule has 0 amide bonds. The summed E-state index contributed by atoms with van der Waals surface area (Å²) in [7, 11) is -4.74. The van der Waals surface area contributed by atoms with Gasteiger partial charge in [-0.2, -0.15) is 0 Å². The number of hydrogen-bond donors (Lipinski definition) is 0. The molecule has 1 atom stereocenters. The Morgan fingerprint density at radius 2 is 1.33 bits per heavy atom. The molecule has 0 spiro atoms. The average molecular weight is 375 g/mol. The van der Waals surface area contributed by atoms with Crippen molar-refractivity contribution in [2.45, 2.75) is 90.6 Å². The van der Waals surface area contributed by atoms with Crippen LogP contribution >= 0.6 is 0 Å². The average Bonchev–Trinajstić information content (AvgIpc) is 2.38. The van der Waals surface area contributed by atoms with Crippen LogP contribution in [0.2, 0.25) is 0 Å². The zero-order chi connectivity index (χ0) is 15.3. The summed E-state index contributed by atoms with van der Waals surface area (Å²) in [5, 5.41) is 0. The van der Waals surface area contributed by atoms with E-state index < -0.39 is 10.4 Å². The van der Waals surface area contributed by atoms with Crippen molar-refractivity contribution in [3.63, 3.8) is 0 Å². The fourth-order valence-corrected chi connectivity index (χ4v) is 2.31. The summed E-state index contributed by atoms with van der Waals surface area (Å²) in [5.74, 6) is 0. The van der Waals surface area contributed by atoms with E-state index in [0.29, 0.717) is 6.42 Å². The Hall–Kier alpha value is 0.453. The Morgan fingerprint density at radius 3 is 1.76 bits per heavy atom. The molecule has 0 saturated heterocycles. The second-order valence-corrected chi connectivity index (χ2v) is 6.31. The molecule has 0 aliphatic heterocycles. The van der Waals surface area contributed by atoms with E-state index in [4.69, 9.17) is 0 Å². The molecule has 0 heterocycles. The maximum Gasteiger partial charge on any atom is 2.00 e. The number of unbranched alkanes of at least 4 members (excludes halogenated alkanes) is 9. The molecule has 0 N–H and O–H groups in total. The second-order valence-electron chi connectivity index (χ2n) is 5.35. The Bertz CT molecular complexity index is 308. The maximum absolute atomic E-state index is 10.2. The minimum atomic E-state index is -4.74. The Labute approximate surface area is 142 Å². The standard InChI is InChI=1S/C14H30O5S.Zn/c1-3-4-5-6-7-8-9-10-11-12-13-14(2)18-19-20(15,16)17;/h14H,3-13H2,1-2H3,(H,15,16,17);/q;+2/p-1. The van der Waals surface area contributed by atoms with E-state index in [1.807, 2.05) is 0 Å². The molecule has 0 radical (unpaired) electrons. The van der Waals surface area contributed by atoms with E-state index in [9.17, 15) is 13.0 Å². The maximum atomic E-state index is 10.2. The van der Waals surface area contributed by atoms with Gasteiger partial charge in [0.2, 0.25) is 10.4 Å². The van der Waals surface area contributed by atoms with Crippen molar-refractivity contribution in [2.24, 2.45) is 0 Å². The van der Waals surface area contributed by atoms with Crippen molar-refractivity contribution >= 4 is 10.4 Å². The second kappa shape index (κ2) is 15.4. The third-order valence-electron chi connectivity index (χ3n) is 3.25. The molecule has 0 aromatic heterocycles. The van der Waals surface area contributed by atoms with Crippen molar-refractivity contribution in [3.05, 3.63) is 0 Å². The van der Waals surface area contributed by atoms with Gasteiger partial charge in [-0.25, -0.2) is 13.3 Å². The minimum absolute atomic E-state index is 0. The van der Waals surface area contributed by atoms with Crippen LogP contribution in [0.25, 0.3) is 0 Å². The number of hydrogen-bond acceptors (Lipinski definition) is 5. The van der Waals surface area contributed by atoms with Crippen molar-refractivity contribution in [2.75, 3.05) is 0 Å². The summed E-state index contributed by atoms with van der Waals surface area (Å²) in [6, 6.07) is 0. The van der Waals surface area contributed by atoms with Crippen LogP contribution in [0.5, 0.6) is 0 Å². The van der Waals surface area contributed by atoms with Gasteiger partial charge in [-0.1, -0.05) is 71.1 Å². The first-order chi connectivity index (χ1) is 9.45. The summed E-state index contributed by atoms with van der Waals surface area (Å²) in [6.45, 7) is 3.92. The molecule has 7 heteroatoms. The molecule has 0 aromatic rings. The molecular formula is C14H29O5SZn+. The normalized spacial score (nSPS) is 12.9. The van der Waals surface area contributed by atoms with Crippen molar-refractivity contribution in [1.29, 1.82) is 0 Å². The van der Waals surface area contributed by atoms with Gasteiger partial charge in [0.25, 0.3) is 0 Å². The molecule has 0 bridgehead atoms. The van der Waals surface area contributed by atoms with Crippen LogP contribution in [0, 0.1) is 0 Å². The number of rotatable bonds is 14. The predicted molar refractivity (Wildman–Crippen MR) is 77.8 cm³/mol. The molecular weight excluding hydrogens is 346 g/mol. The largest absolute Gasteiger partial charge is 2.00 e. The van der Waals surface area contributed by atoms with Gasteiger partial charge in [0.15, 0.2) is 0 Å². The van der Waals surface area contributed by atoms with E-state index in [1.165, 1.54) is 51.4 Å². The van der Waals surface area contributed by atoms with E-state index in [1.54, 1.807) is 6.92 Å². The fraction of sp³-hybridized carbons (Fsp3) is 1.00. The Kier molecular flexibility index (Phi) is 17.3. The summed E-state index contributed by atoms with van der Waals surface area (Å²) < 4.78 is 34.3. The summed E-state index contributed by atoms with van der Waals surface area (Å²) >= 11 is 0. The van der Waals surface area contributed by atoms with Gasteiger partial charge >= 0.3 is 19.5 Å². The van der Waals surface area contributed by atoms with E-state index in [-0.39, 0.29) is 25.6 Å². The fourth-order valence-electron chi connectivity index (χ4n) is 2.08. The van der Waals surface area contributed by atoms with E-state index in [0.717, 1.165) is 12.8 Å². The first-order valence-corrected chi connectivity index (χ1v) is 9.10. The van der Waals surface area contributed by atoms with Gasteiger partial charge in [0.05, 0.1) is 6.10 Å². The van der Waals surface area contributed by atoms with Crippen LogP contribution in [0.4, 0.5) is 0 Å². The third-order valence-corrected chi connectivity index (χ3v) is 3.50. The molecule has 21 heavy (non-hydrogen) atoms. The molecule has 0 saturated carbocycles. The first kappa shape index (κ1) is 23.7. The smallest absolute Gasteiger partial charge is 0.724 e. The predicted octanol–water partition coefficient (Wildman–Crippen LogP) is 4.09. The molecule has 0 aliphatic carbocycles. The molecule has 0 aliphatic rings. The van der Waals surface area contributed by atoms with E-state index >= 15 is 0 Å².